The molecule has 0 saturated heterocycles. The van der Waals surface area contributed by atoms with Crippen LogP contribution in [-0.2, 0) is 0 Å². The van der Waals surface area contributed by atoms with Gasteiger partial charge < -0.3 is 10.1 Å². The van der Waals surface area contributed by atoms with E-state index < -0.39 is 16.6 Å². The number of nitro groups is 1. The molecule has 0 aliphatic carbocycles. The highest BCUT2D eigenvalue weighted by atomic mass is 35.5. The van der Waals surface area contributed by atoms with Crippen LogP contribution in [0.4, 0.5) is 10.2 Å². The monoisotopic (exact) mass is 257 g/mol. The molecule has 0 radical (unpaired) electrons. The first-order valence-corrected chi connectivity index (χ1v) is 4.75. The van der Waals surface area contributed by atoms with Gasteiger partial charge in [0.1, 0.15) is 6.20 Å². The minimum atomic E-state index is -0.821. The summed E-state index contributed by atoms with van der Waals surface area (Å²) in [5.74, 6) is -1.29. The maximum Gasteiger partial charge on any atom is 0.349 e. The van der Waals surface area contributed by atoms with Gasteiger partial charge in [0, 0.05) is 6.92 Å². The van der Waals surface area contributed by atoms with Crippen molar-refractivity contribution in [3.8, 4) is 5.82 Å². The van der Waals surface area contributed by atoms with Crippen LogP contribution in [-0.4, -0.2) is 24.4 Å². The molecule has 9 heteroatoms. The fourth-order valence-corrected chi connectivity index (χ4v) is 1.45. The topological polar surface area (TPSA) is 86.7 Å². The van der Waals surface area contributed by atoms with Crippen LogP contribution in [0, 0.1) is 22.9 Å². The SMILES string of the molecule is Cc1ncc([N+](=O)[O-])n1-c1nc(Cl)ncc1F. The van der Waals surface area contributed by atoms with Gasteiger partial charge in [-0.2, -0.15) is 13.9 Å². The summed E-state index contributed by atoms with van der Waals surface area (Å²) in [7, 11) is 0. The van der Waals surface area contributed by atoms with E-state index in [1.165, 1.54) is 6.92 Å². The second-order valence-electron chi connectivity index (χ2n) is 3.07. The molecule has 0 atom stereocenters. The highest BCUT2D eigenvalue weighted by Crippen LogP contribution is 2.21. The fourth-order valence-electron chi connectivity index (χ4n) is 1.32. The van der Waals surface area contributed by atoms with Crippen molar-refractivity contribution in [3.05, 3.63) is 39.4 Å². The maximum atomic E-state index is 13.5. The van der Waals surface area contributed by atoms with Gasteiger partial charge in [-0.1, -0.05) is 0 Å². The molecule has 0 spiro atoms. The average Bonchev–Trinajstić information content (AvgIpc) is 2.64. The van der Waals surface area contributed by atoms with Gasteiger partial charge in [0.2, 0.25) is 11.1 Å². The first-order chi connectivity index (χ1) is 8.00. The van der Waals surface area contributed by atoms with Gasteiger partial charge in [-0.15, -0.1) is 0 Å². The Labute approximate surface area is 99.1 Å². The lowest BCUT2D eigenvalue weighted by Gasteiger charge is -2.02. The van der Waals surface area contributed by atoms with E-state index in [-0.39, 0.29) is 16.9 Å². The molecular weight excluding hydrogens is 253 g/mol. The molecule has 0 saturated carbocycles. The number of halogens is 2. The Balaban J connectivity index is 2.71. The van der Waals surface area contributed by atoms with Crippen LogP contribution in [0.3, 0.4) is 0 Å². The van der Waals surface area contributed by atoms with Gasteiger partial charge in [-0.05, 0) is 16.5 Å². The molecule has 2 aromatic heterocycles. The van der Waals surface area contributed by atoms with Crippen LogP contribution in [0.2, 0.25) is 5.28 Å². The van der Waals surface area contributed by atoms with Crippen molar-refractivity contribution < 1.29 is 9.31 Å². The van der Waals surface area contributed by atoms with E-state index in [1.54, 1.807) is 0 Å². The van der Waals surface area contributed by atoms with Crippen molar-refractivity contribution in [2.24, 2.45) is 0 Å². The minimum Gasteiger partial charge on any atom is -0.358 e. The second-order valence-corrected chi connectivity index (χ2v) is 3.40. The molecule has 0 aliphatic rings. The summed E-state index contributed by atoms with van der Waals surface area (Å²) in [4.78, 5) is 20.8. The molecule has 0 bridgehead atoms. The summed E-state index contributed by atoms with van der Waals surface area (Å²) in [6, 6.07) is 0. The third-order valence-electron chi connectivity index (χ3n) is 2.01. The van der Waals surface area contributed by atoms with Gasteiger partial charge in [-0.25, -0.2) is 9.97 Å². The third-order valence-corrected chi connectivity index (χ3v) is 2.20. The quantitative estimate of drug-likeness (QED) is 0.464. The lowest BCUT2D eigenvalue weighted by molar-refractivity contribution is -0.391. The molecule has 0 N–H and O–H groups in total. The molecule has 17 heavy (non-hydrogen) atoms. The van der Waals surface area contributed by atoms with Gasteiger partial charge in [0.05, 0.1) is 6.20 Å². The van der Waals surface area contributed by atoms with E-state index in [9.17, 15) is 14.5 Å². The van der Waals surface area contributed by atoms with Crippen LogP contribution in [0.25, 0.3) is 5.82 Å². The highest BCUT2D eigenvalue weighted by molar-refractivity contribution is 6.28. The smallest absolute Gasteiger partial charge is 0.349 e. The highest BCUT2D eigenvalue weighted by Gasteiger charge is 2.24. The molecule has 7 nitrogen and oxygen atoms in total. The molecule has 0 fully saturated rings. The lowest BCUT2D eigenvalue weighted by atomic mass is 10.5. The summed E-state index contributed by atoms with van der Waals surface area (Å²) in [5.41, 5.74) is 0. The lowest BCUT2D eigenvalue weighted by Crippen LogP contribution is -2.07. The molecule has 2 heterocycles. The molecular formula is C8H5ClFN5O2. The Bertz CT molecular complexity index is 600. The molecule has 88 valence electrons. The van der Waals surface area contributed by atoms with Gasteiger partial charge in [-0.3, -0.25) is 0 Å². The van der Waals surface area contributed by atoms with E-state index in [0.717, 1.165) is 17.0 Å². The second kappa shape index (κ2) is 4.06. The van der Waals surface area contributed by atoms with E-state index in [1.807, 2.05) is 0 Å². The van der Waals surface area contributed by atoms with Crippen molar-refractivity contribution in [3.63, 3.8) is 0 Å². The summed E-state index contributed by atoms with van der Waals surface area (Å²) < 4.78 is 14.5. The Morgan fingerprint density at radius 2 is 2.18 bits per heavy atom. The predicted molar refractivity (Wildman–Crippen MR) is 55.5 cm³/mol. The number of hydrogen-bond acceptors (Lipinski definition) is 5. The molecule has 0 aliphatic heterocycles. The van der Waals surface area contributed by atoms with Crippen molar-refractivity contribution in [2.75, 3.05) is 0 Å². The predicted octanol–water partition coefficient (Wildman–Crippen LogP) is 1.67. The van der Waals surface area contributed by atoms with Crippen LogP contribution in [0.1, 0.15) is 5.82 Å². The maximum absolute atomic E-state index is 13.5. The number of hydrogen-bond donors (Lipinski definition) is 0. The average molecular weight is 258 g/mol. The summed E-state index contributed by atoms with van der Waals surface area (Å²) in [6.07, 6.45) is 1.86. The van der Waals surface area contributed by atoms with Gasteiger partial charge in [0.15, 0.2) is 5.82 Å². The van der Waals surface area contributed by atoms with E-state index in [2.05, 4.69) is 15.0 Å². The summed E-state index contributed by atoms with van der Waals surface area (Å²) in [6.45, 7) is 1.49. The van der Waals surface area contributed by atoms with Gasteiger partial charge >= 0.3 is 5.82 Å². The molecule has 2 rings (SSSR count). The van der Waals surface area contributed by atoms with E-state index in [4.69, 9.17) is 11.6 Å². The zero-order valence-corrected chi connectivity index (χ0v) is 9.22. The van der Waals surface area contributed by atoms with Crippen LogP contribution < -0.4 is 0 Å². The Hall–Kier alpha value is -2.09. The van der Waals surface area contributed by atoms with E-state index >= 15 is 0 Å². The van der Waals surface area contributed by atoms with Crippen molar-refractivity contribution >= 4 is 17.4 Å². The van der Waals surface area contributed by atoms with Crippen molar-refractivity contribution in [1.29, 1.82) is 0 Å². The zero-order valence-electron chi connectivity index (χ0n) is 8.46. The van der Waals surface area contributed by atoms with Crippen molar-refractivity contribution in [2.45, 2.75) is 6.92 Å². The number of rotatable bonds is 2. The summed E-state index contributed by atoms with van der Waals surface area (Å²) in [5, 5.41) is 10.5. The van der Waals surface area contributed by atoms with Crippen LogP contribution >= 0.6 is 11.6 Å². The zero-order chi connectivity index (χ0) is 12.6. The Morgan fingerprint density at radius 1 is 1.47 bits per heavy atom. The summed E-state index contributed by atoms with van der Waals surface area (Å²) >= 11 is 5.53. The number of nitrogens with zero attached hydrogens (tertiary/aromatic N) is 5. The first kappa shape index (κ1) is 11.4. The Kier molecular flexibility index (Phi) is 2.72. The number of aromatic nitrogens is 4. The molecule has 0 amide bonds. The molecule has 2 aromatic rings. The standard InChI is InChI=1S/C8H5ClFN5O2/c1-4-11-3-6(15(16)17)14(4)7-5(10)2-12-8(9)13-7/h2-3H,1H3. The van der Waals surface area contributed by atoms with Crippen LogP contribution in [0.15, 0.2) is 12.4 Å². The first-order valence-electron chi connectivity index (χ1n) is 4.38. The fraction of sp³-hybridized carbons (Fsp3) is 0.125. The minimum absolute atomic E-state index is 0.205. The molecule has 0 aromatic carbocycles. The third kappa shape index (κ3) is 1.94. The normalized spacial score (nSPS) is 10.5. The van der Waals surface area contributed by atoms with Crippen LogP contribution in [0.5, 0.6) is 0 Å². The number of aryl methyl sites for hydroxylation is 1. The number of imidazole rings is 1. The largest absolute Gasteiger partial charge is 0.358 e. The Morgan fingerprint density at radius 3 is 2.82 bits per heavy atom. The van der Waals surface area contributed by atoms with E-state index in [0.29, 0.717) is 0 Å². The van der Waals surface area contributed by atoms with Gasteiger partial charge in [0.25, 0.3) is 5.82 Å². The van der Waals surface area contributed by atoms with Crippen molar-refractivity contribution in [1.82, 2.24) is 19.5 Å². The molecule has 0 unspecified atom stereocenters.